The Morgan fingerprint density at radius 3 is 2.04 bits per heavy atom. The monoisotopic (exact) mass is 364 g/mol. The van der Waals surface area contributed by atoms with Crippen LogP contribution in [0.4, 0.5) is 4.39 Å². The number of hydrogen-bond acceptors (Lipinski definition) is 4. The highest BCUT2D eigenvalue weighted by atomic mass is 32.2. The SMILES string of the molecule is Cc1ccc(S(=O)(=O)O[C@H]2CC[C@@H](Oc3ccc(F)cc3)CC2)cc1. The first-order chi connectivity index (χ1) is 11.9. The maximum atomic E-state index is 12.9. The highest BCUT2D eigenvalue weighted by Gasteiger charge is 2.28. The molecule has 2 aromatic carbocycles. The zero-order valence-electron chi connectivity index (χ0n) is 14.0. The Morgan fingerprint density at radius 2 is 1.44 bits per heavy atom. The number of halogens is 1. The van der Waals surface area contributed by atoms with Gasteiger partial charge in [-0.25, -0.2) is 4.39 Å². The Labute approximate surface area is 147 Å². The van der Waals surface area contributed by atoms with Crippen LogP contribution >= 0.6 is 0 Å². The summed E-state index contributed by atoms with van der Waals surface area (Å²) in [5, 5.41) is 0. The lowest BCUT2D eigenvalue weighted by Gasteiger charge is -2.28. The maximum Gasteiger partial charge on any atom is 0.297 e. The molecule has 0 amide bonds. The van der Waals surface area contributed by atoms with Crippen molar-refractivity contribution < 1.29 is 21.7 Å². The highest BCUT2D eigenvalue weighted by Crippen LogP contribution is 2.28. The van der Waals surface area contributed by atoms with Crippen molar-refractivity contribution >= 4 is 10.1 Å². The molecule has 6 heteroatoms. The van der Waals surface area contributed by atoms with Gasteiger partial charge in [0.05, 0.1) is 17.1 Å². The predicted molar refractivity (Wildman–Crippen MR) is 92.5 cm³/mol. The van der Waals surface area contributed by atoms with Crippen molar-refractivity contribution in [3.63, 3.8) is 0 Å². The van der Waals surface area contributed by atoms with Crippen LogP contribution in [0.25, 0.3) is 0 Å². The van der Waals surface area contributed by atoms with E-state index < -0.39 is 10.1 Å². The molecule has 0 aliphatic heterocycles. The Bertz CT molecular complexity index is 792. The van der Waals surface area contributed by atoms with Crippen LogP contribution in [0.15, 0.2) is 53.4 Å². The maximum absolute atomic E-state index is 12.9. The molecule has 1 saturated carbocycles. The first-order valence-electron chi connectivity index (χ1n) is 8.34. The minimum Gasteiger partial charge on any atom is -0.490 e. The fourth-order valence-corrected chi connectivity index (χ4v) is 4.02. The second-order valence-corrected chi connectivity index (χ2v) is 7.91. The Kier molecular flexibility index (Phi) is 5.39. The Hall–Kier alpha value is -1.92. The summed E-state index contributed by atoms with van der Waals surface area (Å²) in [6, 6.07) is 12.5. The topological polar surface area (TPSA) is 52.6 Å². The van der Waals surface area contributed by atoms with Crippen molar-refractivity contribution in [2.75, 3.05) is 0 Å². The van der Waals surface area contributed by atoms with Crippen molar-refractivity contribution in [3.8, 4) is 5.75 Å². The van der Waals surface area contributed by atoms with Gasteiger partial charge in [0.15, 0.2) is 0 Å². The third-order valence-electron chi connectivity index (χ3n) is 4.31. The second-order valence-electron chi connectivity index (χ2n) is 6.33. The van der Waals surface area contributed by atoms with Gasteiger partial charge in [0.1, 0.15) is 11.6 Å². The van der Waals surface area contributed by atoms with Crippen LogP contribution in [0.3, 0.4) is 0 Å². The normalized spacial score (nSPS) is 21.0. The van der Waals surface area contributed by atoms with Gasteiger partial charge in [-0.15, -0.1) is 0 Å². The molecule has 1 aliphatic carbocycles. The van der Waals surface area contributed by atoms with Gasteiger partial charge in [-0.05, 0) is 69.0 Å². The van der Waals surface area contributed by atoms with E-state index in [1.165, 1.54) is 12.1 Å². The highest BCUT2D eigenvalue weighted by molar-refractivity contribution is 7.86. The fraction of sp³-hybridized carbons (Fsp3) is 0.368. The Morgan fingerprint density at radius 1 is 0.880 bits per heavy atom. The van der Waals surface area contributed by atoms with Gasteiger partial charge in [-0.1, -0.05) is 17.7 Å². The lowest BCUT2D eigenvalue weighted by molar-refractivity contribution is 0.0841. The van der Waals surface area contributed by atoms with Crippen LogP contribution in [0.5, 0.6) is 5.75 Å². The van der Waals surface area contributed by atoms with E-state index in [0.29, 0.717) is 31.4 Å². The molecule has 1 aliphatic rings. The molecule has 0 unspecified atom stereocenters. The Balaban J connectivity index is 1.53. The molecule has 2 aromatic rings. The lowest BCUT2D eigenvalue weighted by atomic mass is 9.95. The van der Waals surface area contributed by atoms with Gasteiger partial charge >= 0.3 is 0 Å². The van der Waals surface area contributed by atoms with Crippen molar-refractivity contribution in [1.82, 2.24) is 0 Å². The van der Waals surface area contributed by atoms with Crippen molar-refractivity contribution in [2.45, 2.75) is 49.7 Å². The van der Waals surface area contributed by atoms with Crippen LogP contribution in [0, 0.1) is 12.7 Å². The van der Waals surface area contributed by atoms with Gasteiger partial charge < -0.3 is 4.74 Å². The van der Waals surface area contributed by atoms with Crippen molar-refractivity contribution in [1.29, 1.82) is 0 Å². The number of aryl methyl sites for hydroxylation is 1. The molecule has 0 N–H and O–H groups in total. The van der Waals surface area contributed by atoms with E-state index >= 15 is 0 Å². The molecule has 0 saturated heterocycles. The predicted octanol–water partition coefficient (Wildman–Crippen LogP) is 4.23. The van der Waals surface area contributed by atoms with Gasteiger partial charge in [0, 0.05) is 0 Å². The van der Waals surface area contributed by atoms with Crippen LogP contribution in [-0.4, -0.2) is 20.6 Å². The van der Waals surface area contributed by atoms with E-state index in [0.717, 1.165) is 5.56 Å². The summed E-state index contributed by atoms with van der Waals surface area (Å²) in [7, 11) is -3.74. The standard InChI is InChI=1S/C19H21FO4S/c1-14-2-12-19(13-3-14)25(21,22)24-18-10-8-17(9-11-18)23-16-6-4-15(20)5-7-16/h2-7,12-13,17-18H,8-11H2,1H3/t17-,18+. The van der Waals surface area contributed by atoms with Crippen molar-refractivity contribution in [3.05, 3.63) is 59.9 Å². The smallest absolute Gasteiger partial charge is 0.297 e. The van der Waals surface area contributed by atoms with Gasteiger partial charge in [-0.2, -0.15) is 8.42 Å². The molecule has 25 heavy (non-hydrogen) atoms. The third-order valence-corrected chi connectivity index (χ3v) is 5.69. The summed E-state index contributed by atoms with van der Waals surface area (Å²) in [5.74, 6) is 0.323. The summed E-state index contributed by atoms with van der Waals surface area (Å²) in [5.41, 5.74) is 0.998. The molecule has 1 fully saturated rings. The summed E-state index contributed by atoms with van der Waals surface area (Å²) in [4.78, 5) is 0.183. The van der Waals surface area contributed by atoms with E-state index in [4.69, 9.17) is 8.92 Å². The molecule has 0 aromatic heterocycles. The summed E-state index contributed by atoms with van der Waals surface area (Å²) in [6.45, 7) is 1.90. The number of hydrogen-bond donors (Lipinski definition) is 0. The summed E-state index contributed by atoms with van der Waals surface area (Å²) in [6.07, 6.45) is 2.27. The quantitative estimate of drug-likeness (QED) is 0.745. The number of rotatable bonds is 5. The van der Waals surface area contributed by atoms with Crippen LogP contribution in [0.1, 0.15) is 31.2 Å². The first kappa shape index (κ1) is 17.9. The van der Waals surface area contributed by atoms with E-state index in [1.807, 2.05) is 6.92 Å². The summed E-state index contributed by atoms with van der Waals surface area (Å²) < 4.78 is 48.8. The fourth-order valence-electron chi connectivity index (χ4n) is 2.89. The van der Waals surface area contributed by atoms with Crippen LogP contribution in [-0.2, 0) is 14.3 Å². The minimum atomic E-state index is -3.74. The number of benzene rings is 2. The molecular weight excluding hydrogens is 343 g/mol. The average Bonchev–Trinajstić information content (AvgIpc) is 2.59. The van der Waals surface area contributed by atoms with Crippen LogP contribution in [0.2, 0.25) is 0 Å². The zero-order chi connectivity index (χ0) is 17.9. The minimum absolute atomic E-state index is 0.00705. The van der Waals surface area contributed by atoms with E-state index in [1.54, 1.807) is 36.4 Å². The largest absolute Gasteiger partial charge is 0.490 e. The summed E-state index contributed by atoms with van der Waals surface area (Å²) >= 11 is 0. The van der Waals surface area contributed by atoms with Crippen molar-refractivity contribution in [2.24, 2.45) is 0 Å². The zero-order valence-corrected chi connectivity index (χ0v) is 14.8. The number of ether oxygens (including phenoxy) is 1. The molecule has 0 heterocycles. The van der Waals surface area contributed by atoms with Crippen LogP contribution < -0.4 is 4.74 Å². The van der Waals surface area contributed by atoms with Gasteiger partial charge in [0.25, 0.3) is 10.1 Å². The molecule has 4 nitrogen and oxygen atoms in total. The molecule has 3 rings (SSSR count). The van der Waals surface area contributed by atoms with Gasteiger partial charge in [0.2, 0.25) is 0 Å². The second kappa shape index (κ2) is 7.54. The molecule has 0 radical (unpaired) electrons. The third kappa shape index (κ3) is 4.80. The van der Waals surface area contributed by atoms with Gasteiger partial charge in [-0.3, -0.25) is 4.18 Å². The lowest BCUT2D eigenvalue weighted by Crippen LogP contribution is -2.30. The average molecular weight is 364 g/mol. The molecule has 0 bridgehead atoms. The molecule has 134 valence electrons. The van der Waals surface area contributed by atoms with E-state index in [-0.39, 0.29) is 22.9 Å². The first-order valence-corrected chi connectivity index (χ1v) is 9.75. The molecular formula is C19H21FO4S. The van der Waals surface area contributed by atoms with E-state index in [2.05, 4.69) is 0 Å². The van der Waals surface area contributed by atoms with E-state index in [9.17, 15) is 12.8 Å². The molecule has 0 spiro atoms. The molecule has 0 atom stereocenters.